The molecular formula is C16H21N3O2. The largest absolute Gasteiger partial charge is 0.481 e. The van der Waals surface area contributed by atoms with Crippen LogP contribution in [0, 0.1) is 5.92 Å². The number of aromatic nitrogens is 3. The van der Waals surface area contributed by atoms with Gasteiger partial charge in [-0.25, -0.2) is 9.97 Å². The van der Waals surface area contributed by atoms with Gasteiger partial charge in [0, 0.05) is 42.9 Å². The second kappa shape index (κ2) is 6.26. The number of pyridine rings is 1. The van der Waals surface area contributed by atoms with Crippen LogP contribution in [0.3, 0.4) is 0 Å². The molecule has 5 nitrogen and oxygen atoms in total. The van der Waals surface area contributed by atoms with Gasteiger partial charge in [-0.05, 0) is 31.2 Å². The molecule has 1 N–H and O–H groups in total. The van der Waals surface area contributed by atoms with E-state index in [-0.39, 0.29) is 6.61 Å². The number of methoxy groups -OCH3 is 1. The molecule has 0 saturated heterocycles. The summed E-state index contributed by atoms with van der Waals surface area (Å²) in [7, 11) is 1.62. The van der Waals surface area contributed by atoms with Crippen molar-refractivity contribution in [1.82, 2.24) is 14.5 Å². The molecular weight excluding hydrogens is 266 g/mol. The molecule has 0 radical (unpaired) electrons. The fourth-order valence-corrected chi connectivity index (χ4v) is 3.17. The van der Waals surface area contributed by atoms with Gasteiger partial charge in [0.15, 0.2) is 0 Å². The minimum Gasteiger partial charge on any atom is -0.481 e. The summed E-state index contributed by atoms with van der Waals surface area (Å²) in [6.45, 7) is 0.281. The van der Waals surface area contributed by atoms with Gasteiger partial charge in [-0.1, -0.05) is 6.42 Å². The molecule has 2 heterocycles. The van der Waals surface area contributed by atoms with E-state index in [0.29, 0.717) is 17.8 Å². The van der Waals surface area contributed by atoms with Crippen molar-refractivity contribution in [3.05, 3.63) is 30.7 Å². The molecule has 0 bridgehead atoms. The standard InChI is InChI=1S/C16H21N3O2/c1-21-15-10-13(5-6-17-15)16-18-7-8-19(16)14-4-2-3-12(9-14)11-20/h5-8,10,12,14,20H,2-4,9,11H2,1H3/t12-,14+/m0/s1. The molecule has 2 aromatic rings. The lowest BCUT2D eigenvalue weighted by Gasteiger charge is -2.30. The molecule has 1 aliphatic rings. The summed E-state index contributed by atoms with van der Waals surface area (Å²) in [6.07, 6.45) is 10.1. The predicted octanol–water partition coefficient (Wildman–Crippen LogP) is 2.68. The summed E-state index contributed by atoms with van der Waals surface area (Å²) < 4.78 is 7.42. The van der Waals surface area contributed by atoms with E-state index in [1.54, 1.807) is 13.3 Å². The van der Waals surface area contributed by atoms with Crippen molar-refractivity contribution in [3.63, 3.8) is 0 Å². The molecule has 1 saturated carbocycles. The summed E-state index contributed by atoms with van der Waals surface area (Å²) in [5, 5.41) is 9.41. The highest BCUT2D eigenvalue weighted by atomic mass is 16.5. The first-order chi connectivity index (χ1) is 10.3. The van der Waals surface area contributed by atoms with Gasteiger partial charge in [0.05, 0.1) is 7.11 Å². The Morgan fingerprint density at radius 2 is 2.24 bits per heavy atom. The van der Waals surface area contributed by atoms with Crippen molar-refractivity contribution in [2.75, 3.05) is 13.7 Å². The molecule has 0 unspecified atom stereocenters. The molecule has 0 aromatic carbocycles. The van der Waals surface area contributed by atoms with E-state index in [4.69, 9.17) is 4.74 Å². The van der Waals surface area contributed by atoms with Crippen LogP contribution in [0.4, 0.5) is 0 Å². The highest BCUT2D eigenvalue weighted by Crippen LogP contribution is 2.35. The average molecular weight is 287 g/mol. The van der Waals surface area contributed by atoms with Crippen LogP contribution < -0.4 is 4.74 Å². The number of aliphatic hydroxyl groups is 1. The number of imidazole rings is 1. The quantitative estimate of drug-likeness (QED) is 0.939. The molecule has 2 aromatic heterocycles. The van der Waals surface area contributed by atoms with Crippen molar-refractivity contribution in [2.24, 2.45) is 5.92 Å². The molecule has 0 spiro atoms. The van der Waals surface area contributed by atoms with Crippen LogP contribution in [-0.2, 0) is 0 Å². The first-order valence-corrected chi connectivity index (χ1v) is 7.46. The van der Waals surface area contributed by atoms with E-state index in [9.17, 15) is 5.11 Å². The molecule has 1 fully saturated rings. The van der Waals surface area contributed by atoms with Gasteiger partial charge < -0.3 is 14.4 Å². The molecule has 2 atom stereocenters. The van der Waals surface area contributed by atoms with Gasteiger partial charge in [0.1, 0.15) is 5.82 Å². The smallest absolute Gasteiger partial charge is 0.213 e. The predicted molar refractivity (Wildman–Crippen MR) is 80.1 cm³/mol. The second-order valence-electron chi connectivity index (χ2n) is 5.61. The zero-order chi connectivity index (χ0) is 14.7. The third-order valence-corrected chi connectivity index (χ3v) is 4.28. The zero-order valence-electron chi connectivity index (χ0n) is 12.3. The lowest BCUT2D eigenvalue weighted by molar-refractivity contribution is 0.163. The Bertz CT molecular complexity index is 597. The van der Waals surface area contributed by atoms with Crippen LogP contribution >= 0.6 is 0 Å². The maximum atomic E-state index is 9.41. The van der Waals surface area contributed by atoms with E-state index < -0.39 is 0 Å². The first kappa shape index (κ1) is 14.1. The van der Waals surface area contributed by atoms with Crippen LogP contribution in [-0.4, -0.2) is 33.4 Å². The van der Waals surface area contributed by atoms with E-state index >= 15 is 0 Å². The van der Waals surface area contributed by atoms with Crippen molar-refractivity contribution in [3.8, 4) is 17.3 Å². The Morgan fingerprint density at radius 3 is 3.05 bits per heavy atom. The van der Waals surface area contributed by atoms with Crippen molar-refractivity contribution in [2.45, 2.75) is 31.7 Å². The van der Waals surface area contributed by atoms with Crippen molar-refractivity contribution < 1.29 is 9.84 Å². The van der Waals surface area contributed by atoms with Gasteiger partial charge in [0.2, 0.25) is 5.88 Å². The van der Waals surface area contributed by atoms with E-state index in [0.717, 1.165) is 37.1 Å². The number of ether oxygens (including phenoxy) is 1. The first-order valence-electron chi connectivity index (χ1n) is 7.46. The number of hydrogen-bond acceptors (Lipinski definition) is 4. The van der Waals surface area contributed by atoms with Crippen LogP contribution in [0.25, 0.3) is 11.4 Å². The maximum Gasteiger partial charge on any atom is 0.213 e. The van der Waals surface area contributed by atoms with E-state index in [1.807, 2.05) is 24.5 Å². The third-order valence-electron chi connectivity index (χ3n) is 4.28. The summed E-state index contributed by atoms with van der Waals surface area (Å²) >= 11 is 0. The Labute approximate surface area is 124 Å². The fraction of sp³-hybridized carbons (Fsp3) is 0.500. The Morgan fingerprint density at radius 1 is 1.33 bits per heavy atom. The Balaban J connectivity index is 1.89. The summed E-state index contributed by atoms with van der Waals surface area (Å²) in [5.41, 5.74) is 1.01. The normalized spacial score (nSPS) is 22.2. The highest BCUT2D eigenvalue weighted by molar-refractivity contribution is 5.56. The molecule has 3 rings (SSSR count). The van der Waals surface area contributed by atoms with Gasteiger partial charge in [-0.15, -0.1) is 0 Å². The fourth-order valence-electron chi connectivity index (χ4n) is 3.17. The topological polar surface area (TPSA) is 60.2 Å². The monoisotopic (exact) mass is 287 g/mol. The van der Waals surface area contributed by atoms with Crippen molar-refractivity contribution >= 4 is 0 Å². The van der Waals surface area contributed by atoms with Crippen LogP contribution in [0.2, 0.25) is 0 Å². The third kappa shape index (κ3) is 2.93. The summed E-state index contributed by atoms with van der Waals surface area (Å²) in [4.78, 5) is 8.65. The summed E-state index contributed by atoms with van der Waals surface area (Å²) in [5.74, 6) is 1.95. The van der Waals surface area contributed by atoms with E-state index in [1.165, 1.54) is 0 Å². The number of hydrogen-bond donors (Lipinski definition) is 1. The van der Waals surface area contributed by atoms with Crippen LogP contribution in [0.1, 0.15) is 31.7 Å². The molecule has 0 aliphatic heterocycles. The Hall–Kier alpha value is -1.88. The summed E-state index contributed by atoms with van der Waals surface area (Å²) in [6, 6.07) is 4.27. The molecule has 5 heteroatoms. The molecule has 1 aliphatic carbocycles. The molecule has 112 valence electrons. The van der Waals surface area contributed by atoms with Crippen molar-refractivity contribution in [1.29, 1.82) is 0 Å². The SMILES string of the molecule is COc1cc(-c2nccn2[C@@H]2CCC[C@H](CO)C2)ccn1. The number of aliphatic hydroxyl groups excluding tert-OH is 1. The maximum absolute atomic E-state index is 9.41. The lowest BCUT2D eigenvalue weighted by Crippen LogP contribution is -2.21. The van der Waals surface area contributed by atoms with Crippen LogP contribution in [0.5, 0.6) is 5.88 Å². The second-order valence-corrected chi connectivity index (χ2v) is 5.61. The number of rotatable bonds is 4. The number of nitrogens with zero attached hydrogens (tertiary/aromatic N) is 3. The zero-order valence-corrected chi connectivity index (χ0v) is 12.3. The van der Waals surface area contributed by atoms with Gasteiger partial charge in [-0.2, -0.15) is 0 Å². The molecule has 21 heavy (non-hydrogen) atoms. The van der Waals surface area contributed by atoms with E-state index in [2.05, 4.69) is 14.5 Å². The van der Waals surface area contributed by atoms with Gasteiger partial charge in [0.25, 0.3) is 0 Å². The minimum atomic E-state index is 0.281. The lowest BCUT2D eigenvalue weighted by atomic mass is 9.86. The minimum absolute atomic E-state index is 0.281. The van der Waals surface area contributed by atoms with Gasteiger partial charge >= 0.3 is 0 Å². The van der Waals surface area contributed by atoms with Gasteiger partial charge in [-0.3, -0.25) is 0 Å². The molecule has 0 amide bonds. The highest BCUT2D eigenvalue weighted by Gasteiger charge is 2.24. The average Bonchev–Trinajstić information content (AvgIpc) is 3.04. The van der Waals surface area contributed by atoms with Crippen LogP contribution in [0.15, 0.2) is 30.7 Å². The Kier molecular flexibility index (Phi) is 4.20.